The lowest BCUT2D eigenvalue weighted by Gasteiger charge is -2.26. The summed E-state index contributed by atoms with van der Waals surface area (Å²) >= 11 is 0. The average Bonchev–Trinajstić information content (AvgIpc) is 4.19. The van der Waals surface area contributed by atoms with E-state index in [-0.39, 0.29) is 55.9 Å². The van der Waals surface area contributed by atoms with Gasteiger partial charge in [0.1, 0.15) is 46.4 Å². The number of rotatable bonds is 14. The zero-order chi connectivity index (χ0) is 58.0. The maximum atomic E-state index is 13.3. The summed E-state index contributed by atoms with van der Waals surface area (Å²) in [4.78, 5) is 65.9. The predicted octanol–water partition coefficient (Wildman–Crippen LogP) is 12.8. The highest BCUT2D eigenvalue weighted by Gasteiger charge is 2.48. The van der Waals surface area contributed by atoms with Crippen molar-refractivity contribution in [2.75, 3.05) is 24.6 Å². The van der Waals surface area contributed by atoms with E-state index in [2.05, 4.69) is 25.3 Å². The number of carbonyl (C=O) groups is 4. The van der Waals surface area contributed by atoms with Crippen LogP contribution in [0.5, 0.6) is 0 Å². The van der Waals surface area contributed by atoms with E-state index in [1.54, 1.807) is 60.9 Å². The number of aryl methyl sites for hydroxylation is 4. The Bertz CT molecular complexity index is 3590. The number of pyridine rings is 4. The van der Waals surface area contributed by atoms with Crippen LogP contribution < -0.4 is 16.8 Å². The molecule has 2 fully saturated rings. The fourth-order valence-corrected chi connectivity index (χ4v) is 9.24. The van der Waals surface area contributed by atoms with Gasteiger partial charge in [-0.3, -0.25) is 24.4 Å². The van der Waals surface area contributed by atoms with Gasteiger partial charge in [0, 0.05) is 78.9 Å². The molecule has 2 aliphatic rings. The van der Waals surface area contributed by atoms with Gasteiger partial charge in [0.25, 0.3) is 5.91 Å². The minimum absolute atomic E-state index is 0. The van der Waals surface area contributed by atoms with Crippen molar-refractivity contribution >= 4 is 69.2 Å². The quantitative estimate of drug-likeness (QED) is 0.0586. The molecule has 1 amide bonds. The van der Waals surface area contributed by atoms with Gasteiger partial charge < -0.3 is 35.6 Å². The average molecular weight is 1130 g/mol. The van der Waals surface area contributed by atoms with Crippen molar-refractivity contribution in [3.05, 3.63) is 167 Å². The van der Waals surface area contributed by atoms with E-state index < -0.39 is 36.3 Å². The number of halogens is 6. The van der Waals surface area contributed by atoms with Crippen LogP contribution in [-0.4, -0.2) is 90.9 Å². The van der Waals surface area contributed by atoms with Crippen LogP contribution >= 0.6 is 0 Å². The third-order valence-corrected chi connectivity index (χ3v) is 13.4. The van der Waals surface area contributed by atoms with Gasteiger partial charge in [-0.1, -0.05) is 7.43 Å². The topological polar surface area (TPSA) is 234 Å². The molecule has 0 bridgehead atoms. The number of anilines is 2. The Morgan fingerprint density at radius 3 is 1.54 bits per heavy atom. The Balaban J connectivity index is 0.000000206. The molecule has 0 unspecified atom stereocenters. The third kappa shape index (κ3) is 15.9. The molecule has 21 heteroatoms. The summed E-state index contributed by atoms with van der Waals surface area (Å²) < 4.78 is 86.9. The second kappa shape index (κ2) is 26.5. The highest BCUT2D eigenvalue weighted by molar-refractivity contribution is 5.96. The Labute approximate surface area is 468 Å². The van der Waals surface area contributed by atoms with Crippen molar-refractivity contribution in [3.63, 3.8) is 0 Å². The van der Waals surface area contributed by atoms with Crippen LogP contribution in [0.3, 0.4) is 0 Å². The number of carbonyl (C=O) groups excluding carboxylic acids is 3. The number of aromatic carboxylic acids is 1. The fourth-order valence-electron chi connectivity index (χ4n) is 9.24. The molecule has 6 aromatic heterocycles. The number of fused-ring (bicyclic) bond motifs is 2. The number of nitrogens with zero attached hydrogens (tertiary/aromatic N) is 5. The number of furan rings is 2. The van der Waals surface area contributed by atoms with E-state index in [9.17, 15) is 45.5 Å². The van der Waals surface area contributed by atoms with Crippen molar-refractivity contribution in [2.24, 2.45) is 0 Å². The number of allylic oxidation sites excluding steroid dienone is 2. The number of likely N-dealkylation sites (tertiary alicyclic amines) is 1. The number of nitrogens with one attached hydrogen (secondary N) is 1. The smallest absolute Gasteiger partial charge is 0.408 e. The molecule has 15 nitrogen and oxygen atoms in total. The Kier molecular flexibility index (Phi) is 19.6. The molecule has 8 heterocycles. The van der Waals surface area contributed by atoms with Gasteiger partial charge in [-0.25, -0.2) is 14.8 Å². The second-order valence-corrected chi connectivity index (χ2v) is 19.5. The first kappa shape index (κ1) is 60.7. The van der Waals surface area contributed by atoms with Crippen LogP contribution in [0.4, 0.5) is 38.0 Å². The van der Waals surface area contributed by atoms with Crippen molar-refractivity contribution < 1.29 is 59.5 Å². The van der Waals surface area contributed by atoms with E-state index in [0.717, 1.165) is 60.4 Å². The molecule has 0 radical (unpaired) electrons. The maximum absolute atomic E-state index is 13.3. The number of amides is 1. The normalized spacial score (nSPS) is 15.3. The molecule has 10 rings (SSSR count). The van der Waals surface area contributed by atoms with E-state index in [0.29, 0.717) is 73.0 Å². The summed E-state index contributed by atoms with van der Waals surface area (Å²) in [5, 5.41) is 13.2. The molecule has 82 heavy (non-hydrogen) atoms. The lowest BCUT2D eigenvalue weighted by Crippen LogP contribution is -2.44. The highest BCUT2D eigenvalue weighted by atomic mass is 19.4. The SMILES string of the molecule is C.Cc1cc(-c2ccc(C(=O)N3CCC[C@H]3C(F)(F)F)cn2)cc2cc(CCC(=O)/C=C/c3ccc(N)nc3)oc12.Cc1cc(-c2ccc(C(=O)O)cn2)cc2cc(CCC(=O)/C=C/c3ccc(N)nc3)oc12.FC(F)(F)[C@@H]1CCCN1. The van der Waals surface area contributed by atoms with Crippen molar-refractivity contribution in [3.8, 4) is 22.5 Å². The first-order chi connectivity index (χ1) is 38.6. The van der Waals surface area contributed by atoms with Crippen molar-refractivity contribution in [1.29, 1.82) is 0 Å². The summed E-state index contributed by atoms with van der Waals surface area (Å²) in [5.74, 6) is 0.505. The molecule has 428 valence electrons. The Morgan fingerprint density at radius 1 is 0.646 bits per heavy atom. The van der Waals surface area contributed by atoms with E-state index in [1.165, 1.54) is 36.7 Å². The number of alkyl halides is 6. The molecule has 8 aromatic rings. The largest absolute Gasteiger partial charge is 0.478 e. The summed E-state index contributed by atoms with van der Waals surface area (Å²) in [6.45, 7) is 4.42. The number of benzene rings is 2. The number of carboxylic acid groups (broad SMARTS) is 1. The fraction of sp³-hybridized carbons (Fsp3) is 0.279. The van der Waals surface area contributed by atoms with Crippen LogP contribution in [0.15, 0.2) is 131 Å². The number of aromatic nitrogens is 4. The summed E-state index contributed by atoms with van der Waals surface area (Å²) in [7, 11) is 0. The standard InChI is InChI=1S/C30H27F3N4O3.C25H21N3O4.C5H8F3N.CH4/c1-18-13-21(25-10-6-20(17-35-25)29(39)37-12-2-3-26(37)30(31,32)33)14-22-15-24(40-28(18)22)9-8-23(38)7-4-19-5-11-27(34)36-16-19;1-15-10-18(22-8-4-17(14-27-22)25(30)31)11-19-12-21(32-24(15)19)7-6-20(29)5-2-16-3-9-23(26)28-13-16;6-5(7,8)4-2-1-3-9-4;/h4-7,10-11,13-17,26H,2-3,8-9,12H2,1H3,(H2,34,36);2-5,8-14H,6-7H2,1H3,(H2,26,28)(H,30,31);4,9H,1-3H2;1H4/b7-4+;5-2+;;/t26-;;4-;/m0.0./s1. The van der Waals surface area contributed by atoms with Crippen LogP contribution in [-0.2, 0) is 22.4 Å². The second-order valence-electron chi connectivity index (χ2n) is 19.5. The van der Waals surface area contributed by atoms with Gasteiger partial charge in [0.15, 0.2) is 11.6 Å². The van der Waals surface area contributed by atoms with Gasteiger partial charge in [0.05, 0.1) is 22.5 Å². The van der Waals surface area contributed by atoms with Crippen LogP contribution in [0.25, 0.3) is 56.6 Å². The first-order valence-corrected chi connectivity index (χ1v) is 25.8. The van der Waals surface area contributed by atoms with E-state index in [4.69, 9.17) is 25.4 Å². The number of hydrogen-bond donors (Lipinski definition) is 4. The van der Waals surface area contributed by atoms with Gasteiger partial charge in [-0.15, -0.1) is 0 Å². The molecule has 2 saturated heterocycles. The Morgan fingerprint density at radius 2 is 1.15 bits per heavy atom. The monoisotopic (exact) mass is 1130 g/mol. The van der Waals surface area contributed by atoms with Crippen LogP contribution in [0, 0.1) is 13.8 Å². The van der Waals surface area contributed by atoms with Gasteiger partial charge in [-0.05, 0) is 178 Å². The van der Waals surface area contributed by atoms with Crippen LogP contribution in [0.2, 0.25) is 0 Å². The molecule has 2 aliphatic heterocycles. The van der Waals surface area contributed by atoms with Crippen molar-refractivity contribution in [2.45, 2.75) is 97.1 Å². The van der Waals surface area contributed by atoms with Crippen LogP contribution in [0.1, 0.15) is 100 Å². The summed E-state index contributed by atoms with van der Waals surface area (Å²) in [6, 6.07) is 21.8. The molecule has 0 spiro atoms. The molecule has 2 aromatic carbocycles. The number of nitrogen functional groups attached to an aromatic ring is 2. The summed E-state index contributed by atoms with van der Waals surface area (Å²) in [5.41, 5.74) is 19.2. The molecular formula is C61H60F6N8O7. The zero-order valence-corrected chi connectivity index (χ0v) is 44.0. The first-order valence-electron chi connectivity index (χ1n) is 25.8. The lowest BCUT2D eigenvalue weighted by atomic mass is 10.0. The maximum Gasteiger partial charge on any atom is 0.408 e. The minimum Gasteiger partial charge on any atom is -0.478 e. The number of hydrogen-bond acceptors (Lipinski definition) is 13. The van der Waals surface area contributed by atoms with Crippen molar-refractivity contribution in [1.82, 2.24) is 30.2 Å². The third-order valence-electron chi connectivity index (χ3n) is 13.4. The van der Waals surface area contributed by atoms with Gasteiger partial charge >= 0.3 is 18.3 Å². The van der Waals surface area contributed by atoms with Gasteiger partial charge in [0.2, 0.25) is 0 Å². The predicted molar refractivity (Wildman–Crippen MR) is 301 cm³/mol. The number of nitrogens with two attached hydrogens (primary N) is 2. The van der Waals surface area contributed by atoms with Gasteiger partial charge in [-0.2, -0.15) is 26.3 Å². The molecule has 0 aliphatic carbocycles. The Hall–Kier alpha value is -8.98. The molecule has 6 N–H and O–H groups in total. The number of carboxylic acids is 1. The summed E-state index contributed by atoms with van der Waals surface area (Å²) in [6.07, 6.45) is 6.46. The molecule has 2 atom stereocenters. The van der Waals surface area contributed by atoms with E-state index in [1.807, 2.05) is 50.2 Å². The molecule has 0 saturated carbocycles. The lowest BCUT2D eigenvalue weighted by molar-refractivity contribution is -0.169. The van der Waals surface area contributed by atoms with E-state index >= 15 is 0 Å². The number of ketones is 2. The minimum atomic E-state index is -4.45. The zero-order valence-electron chi connectivity index (χ0n) is 44.0. The molecular weight excluding hydrogens is 1070 g/mol. The highest BCUT2D eigenvalue weighted by Crippen LogP contribution is 2.35.